The molecule has 1 heterocycles. The van der Waals surface area contributed by atoms with Gasteiger partial charge in [0.2, 0.25) is 11.8 Å². The Morgan fingerprint density at radius 3 is 2.57 bits per heavy atom. The molecule has 1 aromatic heterocycles. The number of aromatic nitrogens is 1. The molecule has 0 aromatic carbocycles. The Morgan fingerprint density at radius 2 is 1.96 bits per heavy atom. The summed E-state index contributed by atoms with van der Waals surface area (Å²) >= 11 is 0. The van der Waals surface area contributed by atoms with Crippen LogP contribution in [0, 0.1) is 13.8 Å². The fraction of sp³-hybridized carbons (Fsp3) is 0.556. The van der Waals surface area contributed by atoms with E-state index in [4.69, 9.17) is 5.73 Å². The predicted octanol–water partition coefficient (Wildman–Crippen LogP) is 2.61. The van der Waals surface area contributed by atoms with Gasteiger partial charge in [0.15, 0.2) is 0 Å². The molecule has 1 saturated carbocycles. The van der Waals surface area contributed by atoms with Crippen molar-refractivity contribution in [2.75, 3.05) is 0 Å². The summed E-state index contributed by atoms with van der Waals surface area (Å²) in [6.45, 7) is 5.79. The first kappa shape index (κ1) is 17.3. The number of nitrogens with one attached hydrogen (secondary N) is 1. The highest BCUT2D eigenvalue weighted by molar-refractivity contribution is 5.95. The van der Waals surface area contributed by atoms with Crippen LogP contribution in [0.25, 0.3) is 6.08 Å². The lowest BCUT2D eigenvalue weighted by molar-refractivity contribution is -0.124. The van der Waals surface area contributed by atoms with Crippen molar-refractivity contribution in [2.24, 2.45) is 5.73 Å². The Morgan fingerprint density at radius 1 is 1.30 bits per heavy atom. The highest BCUT2D eigenvalue weighted by atomic mass is 16.2. The molecule has 0 bridgehead atoms. The molecule has 0 aliphatic heterocycles. The molecule has 5 nitrogen and oxygen atoms in total. The third-order valence-electron chi connectivity index (χ3n) is 4.66. The summed E-state index contributed by atoms with van der Waals surface area (Å²) in [5.74, 6) is -0.846. The highest BCUT2D eigenvalue weighted by Crippen LogP contribution is 2.32. The lowest BCUT2D eigenvalue weighted by Gasteiger charge is -2.26. The zero-order chi connectivity index (χ0) is 17.0. The Kier molecular flexibility index (Phi) is 5.64. The maximum absolute atomic E-state index is 11.8. The number of nitrogens with zero attached hydrogens (tertiary/aromatic N) is 1. The Hall–Kier alpha value is -2.04. The molecule has 0 saturated heterocycles. The van der Waals surface area contributed by atoms with E-state index in [1.807, 2.05) is 6.08 Å². The minimum Gasteiger partial charge on any atom is -0.368 e. The summed E-state index contributed by atoms with van der Waals surface area (Å²) in [7, 11) is 0. The molecule has 2 rings (SSSR count). The maximum Gasteiger partial charge on any atom is 0.244 e. The van der Waals surface area contributed by atoms with Gasteiger partial charge in [-0.25, -0.2) is 0 Å². The summed E-state index contributed by atoms with van der Waals surface area (Å²) in [5.41, 5.74) is 8.62. The lowest BCUT2D eigenvalue weighted by Crippen LogP contribution is -2.41. The summed E-state index contributed by atoms with van der Waals surface area (Å²) < 4.78 is 2.41. The molecule has 5 heteroatoms. The second-order valence-corrected chi connectivity index (χ2v) is 6.45. The van der Waals surface area contributed by atoms with E-state index >= 15 is 0 Å². The van der Waals surface area contributed by atoms with Gasteiger partial charge >= 0.3 is 0 Å². The van der Waals surface area contributed by atoms with Gasteiger partial charge in [-0.1, -0.05) is 19.3 Å². The molecule has 1 fully saturated rings. The molecule has 1 aromatic rings. The van der Waals surface area contributed by atoms with Crippen LogP contribution in [0.15, 0.2) is 12.1 Å². The fourth-order valence-electron chi connectivity index (χ4n) is 3.37. The monoisotopic (exact) mass is 317 g/mol. The van der Waals surface area contributed by atoms with Gasteiger partial charge in [0.25, 0.3) is 0 Å². The molecular formula is C18H27N3O2. The van der Waals surface area contributed by atoms with Crippen molar-refractivity contribution in [3.63, 3.8) is 0 Å². The van der Waals surface area contributed by atoms with E-state index in [-0.39, 0.29) is 5.91 Å². The van der Waals surface area contributed by atoms with Crippen molar-refractivity contribution >= 4 is 17.9 Å². The predicted molar refractivity (Wildman–Crippen MR) is 91.9 cm³/mol. The van der Waals surface area contributed by atoms with Crippen LogP contribution in [0.3, 0.4) is 0 Å². The van der Waals surface area contributed by atoms with Crippen LogP contribution in [0.2, 0.25) is 0 Å². The highest BCUT2D eigenvalue weighted by Gasteiger charge is 2.19. The molecular weight excluding hydrogens is 290 g/mol. The summed E-state index contributed by atoms with van der Waals surface area (Å²) in [5, 5.41) is 2.55. The SMILES string of the molecule is Cc1cc(/C=C/C(=O)NC(C)C(N)=O)c(C)n1C1CCCCC1. The van der Waals surface area contributed by atoms with Gasteiger partial charge in [-0.05, 0) is 51.3 Å². The van der Waals surface area contributed by atoms with Crippen LogP contribution in [0.5, 0.6) is 0 Å². The van der Waals surface area contributed by atoms with Gasteiger partial charge < -0.3 is 15.6 Å². The molecule has 23 heavy (non-hydrogen) atoms. The Balaban J connectivity index is 2.10. The van der Waals surface area contributed by atoms with E-state index in [0.29, 0.717) is 6.04 Å². The first-order valence-electron chi connectivity index (χ1n) is 8.36. The molecule has 126 valence electrons. The molecule has 1 atom stereocenters. The number of rotatable bonds is 5. The smallest absolute Gasteiger partial charge is 0.244 e. The summed E-state index contributed by atoms with van der Waals surface area (Å²) in [6.07, 6.45) is 9.66. The Labute approximate surface area is 137 Å². The third kappa shape index (κ3) is 4.24. The van der Waals surface area contributed by atoms with E-state index in [9.17, 15) is 9.59 Å². The van der Waals surface area contributed by atoms with Crippen LogP contribution in [-0.4, -0.2) is 22.4 Å². The van der Waals surface area contributed by atoms with E-state index < -0.39 is 11.9 Å². The zero-order valence-corrected chi connectivity index (χ0v) is 14.3. The van der Waals surface area contributed by atoms with Crippen LogP contribution in [0.4, 0.5) is 0 Å². The van der Waals surface area contributed by atoms with E-state index in [2.05, 4.69) is 29.8 Å². The number of nitrogens with two attached hydrogens (primary N) is 1. The molecule has 1 aliphatic rings. The first-order valence-corrected chi connectivity index (χ1v) is 8.36. The first-order chi connectivity index (χ1) is 10.9. The topological polar surface area (TPSA) is 77.1 Å². The molecule has 0 radical (unpaired) electrons. The van der Waals surface area contributed by atoms with Crippen molar-refractivity contribution in [3.8, 4) is 0 Å². The average molecular weight is 317 g/mol. The number of aryl methyl sites for hydroxylation is 1. The minimum atomic E-state index is -0.665. The lowest BCUT2D eigenvalue weighted by atomic mass is 9.95. The fourth-order valence-corrected chi connectivity index (χ4v) is 3.37. The zero-order valence-electron chi connectivity index (χ0n) is 14.3. The minimum absolute atomic E-state index is 0.307. The van der Waals surface area contributed by atoms with Crippen molar-refractivity contribution in [3.05, 3.63) is 29.1 Å². The maximum atomic E-state index is 11.8. The quantitative estimate of drug-likeness (QED) is 0.819. The van der Waals surface area contributed by atoms with Crippen molar-refractivity contribution < 1.29 is 9.59 Å². The van der Waals surface area contributed by atoms with E-state index in [1.165, 1.54) is 49.6 Å². The van der Waals surface area contributed by atoms with E-state index in [1.54, 1.807) is 6.92 Å². The van der Waals surface area contributed by atoms with Crippen LogP contribution >= 0.6 is 0 Å². The average Bonchev–Trinajstić information content (AvgIpc) is 2.80. The summed E-state index contributed by atoms with van der Waals surface area (Å²) in [4.78, 5) is 22.8. The van der Waals surface area contributed by atoms with Gasteiger partial charge in [0.05, 0.1) is 0 Å². The normalized spacial score (nSPS) is 17.3. The number of carbonyl (C=O) groups excluding carboxylic acids is 2. The number of hydrogen-bond acceptors (Lipinski definition) is 2. The van der Waals surface area contributed by atoms with Crippen molar-refractivity contribution in [1.29, 1.82) is 0 Å². The molecule has 1 aliphatic carbocycles. The molecule has 1 unspecified atom stereocenters. The van der Waals surface area contributed by atoms with Crippen LogP contribution in [-0.2, 0) is 9.59 Å². The summed E-state index contributed by atoms with van der Waals surface area (Å²) in [6, 6.07) is 2.03. The van der Waals surface area contributed by atoms with Gasteiger partial charge in [-0.2, -0.15) is 0 Å². The molecule has 2 amide bonds. The third-order valence-corrected chi connectivity index (χ3v) is 4.66. The molecule has 0 spiro atoms. The number of carbonyl (C=O) groups is 2. The number of hydrogen-bond donors (Lipinski definition) is 2. The van der Waals surface area contributed by atoms with Gasteiger partial charge in [-0.3, -0.25) is 9.59 Å². The van der Waals surface area contributed by atoms with Gasteiger partial charge in [0.1, 0.15) is 6.04 Å². The Bertz CT molecular complexity index is 610. The van der Waals surface area contributed by atoms with Crippen LogP contribution in [0.1, 0.15) is 62.0 Å². The van der Waals surface area contributed by atoms with Crippen molar-refractivity contribution in [2.45, 2.75) is 65.0 Å². The standard InChI is InChI=1S/C18H27N3O2/c1-12-11-15(9-10-17(22)20-13(2)18(19)23)14(3)21(12)16-7-5-4-6-8-16/h9-11,13,16H,4-8H2,1-3H3,(H2,19,23)(H,20,22)/b10-9+. The second kappa shape index (κ2) is 7.49. The van der Waals surface area contributed by atoms with E-state index in [0.717, 1.165) is 5.56 Å². The van der Waals surface area contributed by atoms with Gasteiger partial charge in [0, 0.05) is 23.5 Å². The van der Waals surface area contributed by atoms with Crippen LogP contribution < -0.4 is 11.1 Å². The molecule has 3 N–H and O–H groups in total. The number of primary amides is 1. The largest absolute Gasteiger partial charge is 0.368 e. The van der Waals surface area contributed by atoms with Gasteiger partial charge in [-0.15, -0.1) is 0 Å². The number of amides is 2. The second-order valence-electron chi connectivity index (χ2n) is 6.45. The van der Waals surface area contributed by atoms with Crippen molar-refractivity contribution in [1.82, 2.24) is 9.88 Å².